The van der Waals surface area contributed by atoms with Gasteiger partial charge in [-0.15, -0.1) is 0 Å². The number of halogens is 1. The number of alkyl halides is 1. The Morgan fingerprint density at radius 2 is 1.85 bits per heavy atom. The van der Waals surface area contributed by atoms with E-state index in [1.54, 1.807) is 0 Å². The molecule has 14 heteroatoms. The van der Waals surface area contributed by atoms with Crippen molar-refractivity contribution >= 4 is 40.6 Å². The average Bonchev–Trinajstić information content (AvgIpc) is 2.75. The summed E-state index contributed by atoms with van der Waals surface area (Å²) in [7, 11) is 0. The van der Waals surface area contributed by atoms with Crippen molar-refractivity contribution in [3.63, 3.8) is 0 Å². The van der Waals surface area contributed by atoms with Gasteiger partial charge in [0.15, 0.2) is 17.2 Å². The fourth-order valence-electron chi connectivity index (χ4n) is 2.80. The van der Waals surface area contributed by atoms with Crippen LogP contribution in [-0.2, 0) is 16.1 Å². The molecule has 1 aromatic carbocycles. The van der Waals surface area contributed by atoms with Gasteiger partial charge in [0.1, 0.15) is 6.17 Å². The Kier molecular flexibility index (Phi) is 6.76. The number of hydrogen-bond donors (Lipinski definition) is 6. The highest BCUT2D eigenvalue weighted by molar-refractivity contribution is 5.97. The van der Waals surface area contributed by atoms with Gasteiger partial charge in [-0.2, -0.15) is 4.98 Å². The lowest BCUT2D eigenvalue weighted by atomic mass is 10.1. The van der Waals surface area contributed by atoms with Crippen LogP contribution in [-0.4, -0.2) is 60.2 Å². The molecule has 0 saturated heterocycles. The van der Waals surface area contributed by atoms with Crippen molar-refractivity contribution in [2.75, 3.05) is 11.1 Å². The zero-order valence-corrected chi connectivity index (χ0v) is 16.8. The fourth-order valence-corrected chi connectivity index (χ4v) is 2.80. The number of benzene rings is 1. The molecule has 0 aliphatic heterocycles. The second-order valence-electron chi connectivity index (χ2n) is 6.82. The first-order chi connectivity index (χ1) is 15.6. The monoisotopic (exact) mass is 459 g/mol. The van der Waals surface area contributed by atoms with Crippen LogP contribution in [0.2, 0.25) is 0 Å². The van der Waals surface area contributed by atoms with E-state index < -0.39 is 42.0 Å². The molecule has 33 heavy (non-hydrogen) atoms. The smallest absolute Gasteiger partial charge is 0.329 e. The summed E-state index contributed by atoms with van der Waals surface area (Å²) in [6.45, 7) is 0.179. The first-order valence-electron chi connectivity index (χ1n) is 9.39. The third-order valence-corrected chi connectivity index (χ3v) is 4.39. The van der Waals surface area contributed by atoms with Gasteiger partial charge >= 0.3 is 11.9 Å². The highest BCUT2D eigenvalue weighted by Crippen LogP contribution is 2.13. The Morgan fingerprint density at radius 1 is 1.15 bits per heavy atom. The third-order valence-electron chi connectivity index (χ3n) is 4.39. The van der Waals surface area contributed by atoms with E-state index in [0.717, 1.165) is 0 Å². The van der Waals surface area contributed by atoms with Crippen LogP contribution in [0.25, 0.3) is 11.2 Å². The molecular formula is C19H18FN7O6. The van der Waals surface area contributed by atoms with Crippen LogP contribution in [0, 0.1) is 0 Å². The number of hydrogen-bond acceptors (Lipinski definition) is 9. The minimum Gasteiger partial charge on any atom is -0.481 e. The van der Waals surface area contributed by atoms with Crippen molar-refractivity contribution in [3.05, 3.63) is 52.1 Å². The van der Waals surface area contributed by atoms with Crippen molar-refractivity contribution in [2.45, 2.75) is 25.2 Å². The Bertz CT molecular complexity index is 1260. The third kappa shape index (κ3) is 5.75. The van der Waals surface area contributed by atoms with Gasteiger partial charge in [0.25, 0.3) is 11.5 Å². The molecule has 3 aromatic rings. The molecule has 172 valence electrons. The molecule has 7 N–H and O–H groups in total. The highest BCUT2D eigenvalue weighted by atomic mass is 19.1. The lowest BCUT2D eigenvalue weighted by Crippen LogP contribution is -2.47. The minimum absolute atomic E-state index is 0.0255. The number of fused-ring (bicyclic) bond motifs is 1. The average molecular weight is 459 g/mol. The number of carboxylic acid groups (broad SMARTS) is 2. The van der Waals surface area contributed by atoms with Crippen LogP contribution in [0.5, 0.6) is 0 Å². The fraction of sp³-hybridized carbons (Fsp3) is 0.211. The van der Waals surface area contributed by atoms with Gasteiger partial charge in [-0.3, -0.25) is 19.4 Å². The summed E-state index contributed by atoms with van der Waals surface area (Å²) in [6.07, 6.45) is -1.95. The summed E-state index contributed by atoms with van der Waals surface area (Å²) in [5, 5.41) is 22.7. The van der Waals surface area contributed by atoms with Gasteiger partial charge in [-0.1, -0.05) is 0 Å². The number of H-pyrrole nitrogens is 1. The van der Waals surface area contributed by atoms with Gasteiger partial charge in [-0.25, -0.2) is 19.2 Å². The number of carbonyl (C=O) groups excluding carboxylic acids is 1. The summed E-state index contributed by atoms with van der Waals surface area (Å²) < 4.78 is 13.9. The van der Waals surface area contributed by atoms with Crippen molar-refractivity contribution < 1.29 is 29.0 Å². The Morgan fingerprint density at radius 3 is 2.48 bits per heavy atom. The molecule has 0 fully saturated rings. The molecule has 2 atom stereocenters. The molecule has 0 aliphatic carbocycles. The number of aromatic amines is 1. The minimum atomic E-state index is -2.30. The number of aromatic nitrogens is 4. The molecule has 1 amide bonds. The van der Waals surface area contributed by atoms with E-state index in [-0.39, 0.29) is 29.2 Å². The molecule has 0 bridgehead atoms. The molecular weight excluding hydrogens is 441 g/mol. The van der Waals surface area contributed by atoms with Gasteiger partial charge in [0.2, 0.25) is 5.95 Å². The zero-order valence-electron chi connectivity index (χ0n) is 16.8. The molecule has 0 aliphatic rings. The maximum Gasteiger partial charge on any atom is 0.329 e. The molecule has 0 radical (unpaired) electrons. The lowest BCUT2D eigenvalue weighted by Gasteiger charge is -2.17. The van der Waals surface area contributed by atoms with Gasteiger partial charge in [0.05, 0.1) is 24.9 Å². The summed E-state index contributed by atoms with van der Waals surface area (Å²) >= 11 is 0. The molecule has 2 heterocycles. The van der Waals surface area contributed by atoms with Crippen LogP contribution in [0.15, 0.2) is 35.3 Å². The number of aliphatic carboxylic acids is 2. The number of carbonyl (C=O) groups is 3. The molecule has 13 nitrogen and oxygen atoms in total. The van der Waals surface area contributed by atoms with Gasteiger partial charge < -0.3 is 26.6 Å². The van der Waals surface area contributed by atoms with Crippen LogP contribution < -0.4 is 21.9 Å². The number of amides is 1. The second-order valence-corrected chi connectivity index (χ2v) is 6.82. The van der Waals surface area contributed by atoms with Crippen molar-refractivity contribution in [1.29, 1.82) is 0 Å². The van der Waals surface area contributed by atoms with E-state index in [0.29, 0.717) is 11.4 Å². The number of nitrogens with two attached hydrogens (primary N) is 1. The largest absolute Gasteiger partial charge is 0.481 e. The normalized spacial score (nSPS) is 12.6. The predicted molar refractivity (Wildman–Crippen MR) is 112 cm³/mol. The molecule has 0 spiro atoms. The van der Waals surface area contributed by atoms with E-state index in [1.165, 1.54) is 30.5 Å². The Hall–Kier alpha value is -4.62. The maximum absolute atomic E-state index is 13.9. The first-order valence-corrected chi connectivity index (χ1v) is 9.39. The predicted octanol–water partition coefficient (Wildman–Crippen LogP) is -0.0968. The Balaban J connectivity index is 1.64. The summed E-state index contributed by atoms with van der Waals surface area (Å²) in [6, 6.07) is 3.75. The summed E-state index contributed by atoms with van der Waals surface area (Å²) in [5.74, 6) is -4.17. The highest BCUT2D eigenvalue weighted by Gasteiger charge is 2.31. The van der Waals surface area contributed by atoms with Crippen LogP contribution in [0.4, 0.5) is 16.0 Å². The van der Waals surface area contributed by atoms with Crippen molar-refractivity contribution in [2.24, 2.45) is 0 Å². The maximum atomic E-state index is 13.9. The zero-order chi connectivity index (χ0) is 24.1. The number of anilines is 2. The first kappa shape index (κ1) is 23.1. The molecule has 2 aromatic heterocycles. The summed E-state index contributed by atoms with van der Waals surface area (Å²) in [5.41, 5.74) is 6.09. The van der Waals surface area contributed by atoms with Crippen LogP contribution in [0.1, 0.15) is 22.5 Å². The van der Waals surface area contributed by atoms with E-state index in [9.17, 15) is 23.6 Å². The van der Waals surface area contributed by atoms with Crippen molar-refractivity contribution in [1.82, 2.24) is 25.3 Å². The van der Waals surface area contributed by atoms with Crippen molar-refractivity contribution in [3.8, 4) is 0 Å². The molecule has 0 saturated carbocycles. The standard InChI is InChI=1S/C19H18FN7O6/c20-11(5-12(28)29)13(18(32)33)25-16(30)8-1-3-9(4-2-8)22-6-10-7-23-15-14(24-10)17(31)27-19(21)26-15/h1-4,7,11,13,22H,5-6H2,(H,25,30)(H,28,29)(H,32,33)(H3,21,23,26,27,31)/t11?,13-/m0/s1. The SMILES string of the molecule is Nc1nc2ncc(CNc3ccc(C(=O)N[C@H](C(=O)O)C(F)CC(=O)O)cc3)nc2c(=O)[nH]1. The van der Waals surface area contributed by atoms with E-state index in [2.05, 4.69) is 25.3 Å². The molecule has 3 rings (SSSR count). The number of nitrogen functional groups attached to an aromatic ring is 1. The summed E-state index contributed by atoms with van der Waals surface area (Å²) in [4.78, 5) is 60.4. The number of rotatable bonds is 9. The van der Waals surface area contributed by atoms with Crippen LogP contribution in [0.3, 0.4) is 0 Å². The second kappa shape index (κ2) is 9.67. The molecule has 1 unspecified atom stereocenters. The van der Waals surface area contributed by atoms with Crippen LogP contribution >= 0.6 is 0 Å². The van der Waals surface area contributed by atoms with E-state index in [4.69, 9.17) is 15.9 Å². The van der Waals surface area contributed by atoms with Gasteiger partial charge in [-0.05, 0) is 24.3 Å². The quantitative estimate of drug-likeness (QED) is 0.248. The lowest BCUT2D eigenvalue weighted by molar-refractivity contribution is -0.143. The van der Waals surface area contributed by atoms with E-state index in [1.807, 2.05) is 5.32 Å². The van der Waals surface area contributed by atoms with Gasteiger partial charge in [0, 0.05) is 11.3 Å². The Labute approximate surface area is 183 Å². The van der Waals surface area contributed by atoms with E-state index >= 15 is 0 Å². The topological polar surface area (TPSA) is 213 Å². The number of nitrogens with one attached hydrogen (secondary N) is 3. The number of nitrogens with zero attached hydrogens (tertiary/aromatic N) is 3. The number of carboxylic acids is 2.